The van der Waals surface area contributed by atoms with Crippen molar-refractivity contribution >= 4 is 35.3 Å². The van der Waals surface area contributed by atoms with Gasteiger partial charge in [-0.15, -0.1) is 0 Å². The van der Waals surface area contributed by atoms with Crippen molar-refractivity contribution in [2.75, 3.05) is 32.2 Å². The highest BCUT2D eigenvalue weighted by Gasteiger charge is 2.40. The minimum atomic E-state index is -5.08. The van der Waals surface area contributed by atoms with E-state index in [1.54, 1.807) is 48.5 Å². The molecule has 0 bridgehead atoms. The van der Waals surface area contributed by atoms with Gasteiger partial charge in [0, 0.05) is 24.8 Å². The van der Waals surface area contributed by atoms with Crippen molar-refractivity contribution in [2.24, 2.45) is 11.7 Å². The first-order valence-electron chi connectivity index (χ1n) is 18.0. The number of carboxylic acid groups (broad SMARTS) is 1. The van der Waals surface area contributed by atoms with Gasteiger partial charge in [0.25, 0.3) is 5.91 Å². The monoisotopic (exact) mass is 770 g/mol. The topological polar surface area (TPSA) is 177 Å². The van der Waals surface area contributed by atoms with E-state index in [1.165, 1.54) is 4.58 Å². The lowest BCUT2D eigenvalue weighted by molar-refractivity contribution is -0.918. The Balaban J connectivity index is 0.000000757. The molecular weight excluding hydrogens is 725 g/mol. The van der Waals surface area contributed by atoms with Gasteiger partial charge in [-0.2, -0.15) is 22.5 Å². The number of benzene rings is 3. The molecule has 0 radical (unpaired) electrons. The minimum Gasteiger partial charge on any atom is -0.508 e. The summed E-state index contributed by atoms with van der Waals surface area (Å²) >= 11 is 0. The number of rotatable bonds is 9. The number of aliphatic carboxylic acids is 1. The highest BCUT2D eigenvalue weighted by atomic mass is 19.4. The molecule has 2 fully saturated rings. The molecule has 1 saturated carbocycles. The number of anilines is 1. The number of nitrogens with zero attached hydrogens (tertiary/aromatic N) is 2. The molecule has 3 amide bonds. The van der Waals surface area contributed by atoms with Gasteiger partial charge in [0.15, 0.2) is 17.5 Å². The Hall–Kier alpha value is -5.64. The second kappa shape index (κ2) is 17.7. The molecule has 5 N–H and O–H groups in total. The third-order valence-corrected chi connectivity index (χ3v) is 9.80. The number of carboxylic acids is 1. The summed E-state index contributed by atoms with van der Waals surface area (Å²) in [5.41, 5.74) is 9.16. The van der Waals surface area contributed by atoms with E-state index in [4.69, 9.17) is 29.8 Å². The molecule has 3 aromatic carbocycles. The predicted octanol–water partition coefficient (Wildman–Crippen LogP) is 5.76. The van der Waals surface area contributed by atoms with Crippen molar-refractivity contribution in [3.63, 3.8) is 0 Å². The van der Waals surface area contributed by atoms with Gasteiger partial charge in [-0.25, -0.2) is 10.1 Å². The first-order valence-corrected chi connectivity index (χ1v) is 18.0. The average Bonchev–Trinajstić information content (AvgIpc) is 3.61. The van der Waals surface area contributed by atoms with Crippen molar-refractivity contribution in [1.29, 1.82) is 0 Å². The van der Waals surface area contributed by atoms with E-state index in [0.29, 0.717) is 35.4 Å². The molecule has 1 aliphatic carbocycles. The number of nitrogens with one attached hydrogen (secondary N) is 1. The summed E-state index contributed by atoms with van der Waals surface area (Å²) in [5, 5.41) is 19.9. The van der Waals surface area contributed by atoms with Crippen LogP contribution in [-0.4, -0.2) is 88.0 Å². The molecule has 294 valence electrons. The number of ether oxygens (including phenoxy) is 3. The largest absolute Gasteiger partial charge is 0.508 e. The Morgan fingerprint density at radius 2 is 1.58 bits per heavy atom. The zero-order chi connectivity index (χ0) is 39.8. The smallest absolute Gasteiger partial charge is 0.496 e. The van der Waals surface area contributed by atoms with Crippen LogP contribution < -0.4 is 25.3 Å². The molecular formula is C39H45F3N4O9+2. The highest BCUT2D eigenvalue weighted by Crippen LogP contribution is 2.34. The third kappa shape index (κ3) is 11.2. The summed E-state index contributed by atoms with van der Waals surface area (Å²) in [6.07, 6.45) is 1.45. The number of nitrogens with two attached hydrogens (primary N) is 1. The highest BCUT2D eigenvalue weighted by molar-refractivity contribution is 5.94. The summed E-state index contributed by atoms with van der Waals surface area (Å²) in [6, 6.07) is 17.7. The zero-order valence-electron chi connectivity index (χ0n) is 30.3. The number of esters is 1. The quantitative estimate of drug-likeness (QED) is 0.0912. The number of amides is 3. The maximum Gasteiger partial charge on any atom is 0.496 e. The Labute approximate surface area is 315 Å². The predicted molar refractivity (Wildman–Crippen MR) is 193 cm³/mol. The van der Waals surface area contributed by atoms with Crippen molar-refractivity contribution in [3.8, 4) is 23.0 Å². The Morgan fingerprint density at radius 1 is 0.945 bits per heavy atom. The summed E-state index contributed by atoms with van der Waals surface area (Å²) < 4.78 is 50.6. The van der Waals surface area contributed by atoms with Crippen LogP contribution in [0.5, 0.6) is 23.0 Å². The number of alkyl halides is 3. The van der Waals surface area contributed by atoms with Crippen LogP contribution in [0.3, 0.4) is 0 Å². The standard InChI is InChI=1S/C37H42N4O7.C2HF3O2/c1-41(22-26-11-18-33-34(21-26)47-24-46-33)19-5-8-29(23-41)40(32(35(38)43)20-25-9-14-30(42)15-10-25)37(45)39-28-12-16-31(17-13-28)48-36(44)27-6-3-2-4-7-27;3-2(4,5)1(6)7/h9-18,21,27,32H,2-8,19-20,22-24H2,1H3,(H2-2,38,39,42,43,45);(H,6,7)/p+2/b40-29+;/t32-,41?;/m0./s1. The van der Waals surface area contributed by atoms with Crippen LogP contribution >= 0.6 is 0 Å². The minimum absolute atomic E-state index is 0.0762. The van der Waals surface area contributed by atoms with Crippen molar-refractivity contribution in [1.82, 2.24) is 0 Å². The molecule has 13 nitrogen and oxygen atoms in total. The number of halogens is 3. The number of fused-ring (bicyclic) bond motifs is 1. The number of phenolic OH excluding ortho intramolecular Hbond substituents is 1. The normalized spacial score (nSPS) is 19.6. The molecule has 1 saturated heterocycles. The number of carbonyl (C=O) groups excluding carboxylic acids is 3. The van der Waals surface area contributed by atoms with Gasteiger partial charge in [0.2, 0.25) is 6.79 Å². The molecule has 2 aliphatic heterocycles. The lowest BCUT2D eigenvalue weighted by Gasteiger charge is -2.38. The Bertz CT molecular complexity index is 1900. The number of likely N-dealkylation sites (tertiary alicyclic amines) is 1. The first-order chi connectivity index (χ1) is 26.1. The van der Waals surface area contributed by atoms with Crippen LogP contribution in [0.15, 0.2) is 66.7 Å². The lowest BCUT2D eigenvalue weighted by atomic mass is 9.89. The van der Waals surface area contributed by atoms with Crippen LogP contribution in [0, 0.1) is 5.92 Å². The van der Waals surface area contributed by atoms with E-state index in [0.717, 1.165) is 73.4 Å². The SMILES string of the molecule is C[N+]1(Cc2ccc3c(c2)OCO3)CCC/C(=[N+](\C(=O)Nc2ccc(OC(=O)C3CCCCC3)cc2)[C@@H](Cc2ccc(O)cc2)C(N)=O)C1.O=C(O)C(F)(F)F. The molecule has 1 unspecified atom stereocenters. The number of aromatic hydroxyl groups is 1. The summed E-state index contributed by atoms with van der Waals surface area (Å²) in [4.78, 5) is 48.8. The number of primary amides is 1. The van der Waals surface area contributed by atoms with Crippen molar-refractivity contribution in [2.45, 2.75) is 70.1 Å². The average molecular weight is 771 g/mol. The number of carbonyl (C=O) groups is 4. The number of phenols is 1. The van der Waals surface area contributed by atoms with Crippen LogP contribution in [-0.2, 0) is 27.3 Å². The lowest BCUT2D eigenvalue weighted by Crippen LogP contribution is -2.56. The van der Waals surface area contributed by atoms with Crippen LogP contribution in [0.4, 0.5) is 23.7 Å². The van der Waals surface area contributed by atoms with Crippen LogP contribution in [0.25, 0.3) is 0 Å². The van der Waals surface area contributed by atoms with E-state index in [1.807, 2.05) is 18.2 Å². The summed E-state index contributed by atoms with van der Waals surface area (Å²) in [7, 11) is 2.15. The van der Waals surface area contributed by atoms with Gasteiger partial charge < -0.3 is 34.6 Å². The zero-order valence-corrected chi connectivity index (χ0v) is 30.3. The van der Waals surface area contributed by atoms with Gasteiger partial charge in [0.1, 0.15) is 36.0 Å². The summed E-state index contributed by atoms with van der Waals surface area (Å²) in [5.74, 6) is -1.71. The molecule has 55 heavy (non-hydrogen) atoms. The molecule has 16 heteroatoms. The fourth-order valence-electron chi connectivity index (χ4n) is 7.08. The van der Waals surface area contributed by atoms with Crippen LogP contribution in [0.1, 0.15) is 56.1 Å². The van der Waals surface area contributed by atoms with Gasteiger partial charge >= 0.3 is 24.1 Å². The molecule has 3 aliphatic rings. The fourth-order valence-corrected chi connectivity index (χ4v) is 7.08. The maximum absolute atomic E-state index is 14.2. The summed E-state index contributed by atoms with van der Waals surface area (Å²) in [6.45, 7) is 2.30. The third-order valence-electron chi connectivity index (χ3n) is 9.80. The maximum atomic E-state index is 14.2. The fraction of sp³-hybridized carbons (Fsp3) is 0.410. The van der Waals surface area contributed by atoms with Gasteiger partial charge in [-0.1, -0.05) is 31.4 Å². The Morgan fingerprint density at radius 3 is 2.22 bits per heavy atom. The first kappa shape index (κ1) is 40.5. The number of hydrogen-bond donors (Lipinski definition) is 4. The molecule has 0 spiro atoms. The second-order valence-electron chi connectivity index (χ2n) is 14.2. The van der Waals surface area contributed by atoms with E-state index < -0.39 is 30.1 Å². The number of hydrogen-bond acceptors (Lipinski definition) is 8. The van der Waals surface area contributed by atoms with Gasteiger partial charge in [-0.05, 0) is 73.0 Å². The molecule has 2 heterocycles. The Kier molecular flexibility index (Phi) is 13.0. The molecule has 3 aromatic rings. The van der Waals surface area contributed by atoms with Crippen molar-refractivity contribution < 1.29 is 65.8 Å². The second-order valence-corrected chi connectivity index (χ2v) is 14.2. The van der Waals surface area contributed by atoms with E-state index in [-0.39, 0.29) is 30.9 Å². The van der Waals surface area contributed by atoms with E-state index in [9.17, 15) is 32.7 Å². The van der Waals surface area contributed by atoms with Gasteiger partial charge in [-0.3, -0.25) is 9.59 Å². The van der Waals surface area contributed by atoms with Gasteiger partial charge in [0.05, 0.1) is 19.5 Å². The van der Waals surface area contributed by atoms with E-state index in [2.05, 4.69) is 12.4 Å². The van der Waals surface area contributed by atoms with Crippen LogP contribution in [0.2, 0.25) is 0 Å². The number of piperidine rings is 1. The van der Waals surface area contributed by atoms with Crippen molar-refractivity contribution in [3.05, 3.63) is 77.9 Å². The molecule has 2 atom stereocenters. The molecule has 0 aromatic heterocycles. The number of urea groups is 1. The molecule has 6 rings (SSSR count). The van der Waals surface area contributed by atoms with E-state index >= 15 is 0 Å². The number of quaternary nitrogens is 1.